The molecule has 1 aromatic rings. The summed E-state index contributed by atoms with van der Waals surface area (Å²) in [6, 6.07) is 5.08. The van der Waals surface area contributed by atoms with Crippen LogP contribution < -0.4 is 15.4 Å². The Bertz CT molecular complexity index is 578. The number of nitrogens with one attached hydrogen (secondary N) is 2. The van der Waals surface area contributed by atoms with Gasteiger partial charge < -0.3 is 15.4 Å². The number of hydrogen-bond acceptors (Lipinski definition) is 4. The first-order chi connectivity index (χ1) is 11.2. The van der Waals surface area contributed by atoms with Crippen LogP contribution in [0.4, 0.5) is 5.69 Å². The average Bonchev–Trinajstić information content (AvgIpc) is 2.46. The molecule has 6 nitrogen and oxygen atoms in total. The third-order valence-electron chi connectivity index (χ3n) is 3.65. The number of rotatable bonds is 8. The molecule has 7 heteroatoms. The lowest BCUT2D eigenvalue weighted by molar-refractivity contribution is -0.123. The number of carbonyl (C=O) groups excluding carboxylic acids is 2. The van der Waals surface area contributed by atoms with Gasteiger partial charge in [-0.2, -0.15) is 0 Å². The number of ether oxygens (including phenoxy) is 1. The number of carbonyl (C=O) groups is 2. The molecule has 0 aliphatic rings. The van der Waals surface area contributed by atoms with Crippen LogP contribution in [0, 0.1) is 5.92 Å². The molecule has 134 valence electrons. The van der Waals surface area contributed by atoms with E-state index in [-0.39, 0.29) is 30.9 Å². The second kappa shape index (κ2) is 9.49. The molecule has 0 aliphatic carbocycles. The molecule has 0 aromatic heterocycles. The number of amides is 2. The van der Waals surface area contributed by atoms with E-state index in [0.29, 0.717) is 22.4 Å². The minimum Gasteiger partial charge on any atom is -0.495 e. The summed E-state index contributed by atoms with van der Waals surface area (Å²) in [5, 5.41) is 6.15. The van der Waals surface area contributed by atoms with Crippen molar-refractivity contribution in [1.29, 1.82) is 0 Å². The van der Waals surface area contributed by atoms with Crippen LogP contribution in [0.25, 0.3) is 0 Å². The van der Waals surface area contributed by atoms with Gasteiger partial charge in [-0.05, 0) is 38.1 Å². The molecular formula is C17H26ClN3O3. The molecule has 1 atom stereocenters. The minimum atomic E-state index is -0.247. The van der Waals surface area contributed by atoms with Crippen molar-refractivity contribution in [2.45, 2.75) is 26.8 Å². The third kappa shape index (κ3) is 6.76. The lowest BCUT2D eigenvalue weighted by atomic mass is 10.1. The molecule has 2 amide bonds. The van der Waals surface area contributed by atoms with Gasteiger partial charge in [0.05, 0.1) is 25.9 Å². The van der Waals surface area contributed by atoms with Crippen molar-refractivity contribution in [3.8, 4) is 5.75 Å². The van der Waals surface area contributed by atoms with Crippen molar-refractivity contribution in [3.63, 3.8) is 0 Å². The maximum atomic E-state index is 12.1. The van der Waals surface area contributed by atoms with Gasteiger partial charge in [-0.25, -0.2) is 0 Å². The molecule has 0 heterocycles. The van der Waals surface area contributed by atoms with Crippen molar-refractivity contribution in [3.05, 3.63) is 23.2 Å². The van der Waals surface area contributed by atoms with Crippen LogP contribution in [0.5, 0.6) is 5.75 Å². The monoisotopic (exact) mass is 355 g/mol. The normalized spacial score (nSPS) is 12.2. The largest absolute Gasteiger partial charge is 0.495 e. The zero-order chi connectivity index (χ0) is 18.3. The summed E-state index contributed by atoms with van der Waals surface area (Å²) in [6.45, 7) is 6.28. The zero-order valence-corrected chi connectivity index (χ0v) is 15.6. The summed E-state index contributed by atoms with van der Waals surface area (Å²) in [5.74, 6) is 0.534. The SMILES string of the molecule is COc1ccc(Cl)cc1NC(=O)CN(C)CC(=O)N[C@H](C)C(C)C. The Morgan fingerprint density at radius 2 is 1.83 bits per heavy atom. The lowest BCUT2D eigenvalue weighted by Crippen LogP contribution is -2.43. The molecule has 0 fully saturated rings. The molecule has 0 bridgehead atoms. The van der Waals surface area contributed by atoms with Crippen molar-refractivity contribution < 1.29 is 14.3 Å². The first-order valence-corrected chi connectivity index (χ1v) is 8.22. The number of halogens is 1. The van der Waals surface area contributed by atoms with Gasteiger partial charge in [0, 0.05) is 11.1 Å². The Hall–Kier alpha value is -1.79. The molecule has 0 radical (unpaired) electrons. The maximum Gasteiger partial charge on any atom is 0.238 e. The van der Waals surface area contributed by atoms with Crippen molar-refractivity contribution >= 4 is 29.1 Å². The van der Waals surface area contributed by atoms with E-state index in [2.05, 4.69) is 10.6 Å². The summed E-state index contributed by atoms with van der Waals surface area (Å²) in [7, 11) is 3.24. The molecule has 1 rings (SSSR count). The van der Waals surface area contributed by atoms with Crippen LogP contribution in [0.2, 0.25) is 5.02 Å². The fourth-order valence-corrected chi connectivity index (χ4v) is 2.15. The van der Waals surface area contributed by atoms with Crippen LogP contribution in [0.15, 0.2) is 18.2 Å². The highest BCUT2D eigenvalue weighted by atomic mass is 35.5. The third-order valence-corrected chi connectivity index (χ3v) is 3.89. The van der Waals surface area contributed by atoms with Gasteiger partial charge in [0.2, 0.25) is 11.8 Å². The molecule has 0 aliphatic heterocycles. The highest BCUT2D eigenvalue weighted by molar-refractivity contribution is 6.31. The Morgan fingerprint density at radius 3 is 2.42 bits per heavy atom. The summed E-state index contributed by atoms with van der Waals surface area (Å²) in [5.41, 5.74) is 0.501. The predicted molar refractivity (Wildman–Crippen MR) is 96.6 cm³/mol. The van der Waals surface area contributed by atoms with E-state index in [1.807, 2.05) is 20.8 Å². The summed E-state index contributed by atoms with van der Waals surface area (Å²) < 4.78 is 5.19. The second-order valence-corrected chi connectivity index (χ2v) is 6.60. The van der Waals surface area contributed by atoms with E-state index < -0.39 is 0 Å². The molecular weight excluding hydrogens is 330 g/mol. The molecule has 2 N–H and O–H groups in total. The van der Waals surface area contributed by atoms with E-state index in [1.165, 1.54) is 7.11 Å². The average molecular weight is 356 g/mol. The Kier molecular flexibility index (Phi) is 8.01. The fourth-order valence-electron chi connectivity index (χ4n) is 1.98. The van der Waals surface area contributed by atoms with Crippen LogP contribution in [-0.2, 0) is 9.59 Å². The van der Waals surface area contributed by atoms with E-state index in [4.69, 9.17) is 16.3 Å². The standard InChI is InChI=1S/C17H26ClN3O3/c1-11(2)12(3)19-16(22)9-21(4)10-17(23)20-14-8-13(18)6-7-15(14)24-5/h6-8,11-12H,9-10H2,1-5H3,(H,19,22)(H,20,23)/t12-/m1/s1. The summed E-state index contributed by atoms with van der Waals surface area (Å²) in [4.78, 5) is 25.7. The first-order valence-electron chi connectivity index (χ1n) is 7.84. The quantitative estimate of drug-likeness (QED) is 0.751. The van der Waals surface area contributed by atoms with Crippen molar-refractivity contribution in [2.75, 3.05) is 32.6 Å². The highest BCUT2D eigenvalue weighted by Crippen LogP contribution is 2.27. The first kappa shape index (κ1) is 20.3. The number of anilines is 1. The smallest absolute Gasteiger partial charge is 0.238 e. The second-order valence-electron chi connectivity index (χ2n) is 6.17. The van der Waals surface area contributed by atoms with Crippen molar-refractivity contribution in [2.24, 2.45) is 5.92 Å². The van der Waals surface area contributed by atoms with Crippen LogP contribution in [0.1, 0.15) is 20.8 Å². The maximum absolute atomic E-state index is 12.1. The van der Waals surface area contributed by atoms with Crippen molar-refractivity contribution in [1.82, 2.24) is 10.2 Å². The highest BCUT2D eigenvalue weighted by Gasteiger charge is 2.15. The minimum absolute atomic E-state index is 0.0825. The molecule has 0 saturated heterocycles. The van der Waals surface area contributed by atoms with Crippen LogP contribution in [0.3, 0.4) is 0 Å². The Labute approximate surface area is 148 Å². The lowest BCUT2D eigenvalue weighted by Gasteiger charge is -2.21. The van der Waals surface area contributed by atoms with Gasteiger partial charge in [0.15, 0.2) is 0 Å². The number of methoxy groups -OCH3 is 1. The van der Waals surface area contributed by atoms with Gasteiger partial charge in [0.1, 0.15) is 5.75 Å². The van der Waals surface area contributed by atoms with E-state index in [9.17, 15) is 9.59 Å². The van der Waals surface area contributed by atoms with Gasteiger partial charge in [0.25, 0.3) is 0 Å². The number of likely N-dealkylation sites (N-methyl/N-ethyl adjacent to an activating group) is 1. The summed E-state index contributed by atoms with van der Waals surface area (Å²) in [6.07, 6.45) is 0. The van der Waals surface area contributed by atoms with Gasteiger partial charge in [-0.1, -0.05) is 25.4 Å². The zero-order valence-electron chi connectivity index (χ0n) is 14.9. The number of benzene rings is 1. The molecule has 1 aromatic carbocycles. The van der Waals surface area contributed by atoms with E-state index in [0.717, 1.165) is 0 Å². The van der Waals surface area contributed by atoms with Gasteiger partial charge in [-0.3, -0.25) is 14.5 Å². The van der Waals surface area contributed by atoms with E-state index in [1.54, 1.807) is 30.1 Å². The molecule has 0 saturated carbocycles. The Balaban J connectivity index is 2.53. The Morgan fingerprint density at radius 1 is 1.21 bits per heavy atom. The number of hydrogen-bond donors (Lipinski definition) is 2. The topological polar surface area (TPSA) is 70.7 Å². The molecule has 0 unspecified atom stereocenters. The van der Waals surface area contributed by atoms with Gasteiger partial charge >= 0.3 is 0 Å². The molecule has 24 heavy (non-hydrogen) atoms. The fraction of sp³-hybridized carbons (Fsp3) is 0.529. The summed E-state index contributed by atoms with van der Waals surface area (Å²) >= 11 is 5.94. The van der Waals surface area contributed by atoms with E-state index >= 15 is 0 Å². The van der Waals surface area contributed by atoms with Gasteiger partial charge in [-0.15, -0.1) is 0 Å². The van der Waals surface area contributed by atoms with Crippen LogP contribution >= 0.6 is 11.6 Å². The van der Waals surface area contributed by atoms with Crippen LogP contribution in [-0.4, -0.2) is 50.0 Å². The molecule has 0 spiro atoms. The predicted octanol–water partition coefficient (Wildman–Crippen LogP) is 2.38. The number of nitrogens with zero attached hydrogens (tertiary/aromatic N) is 1.